The fraction of sp³-hybridized carbons (Fsp3) is 0.143. The van der Waals surface area contributed by atoms with Crippen molar-refractivity contribution in [3.8, 4) is 0 Å². The van der Waals surface area contributed by atoms with Crippen LogP contribution in [0.2, 0.25) is 0 Å². The van der Waals surface area contributed by atoms with Gasteiger partial charge in [0.15, 0.2) is 0 Å². The summed E-state index contributed by atoms with van der Waals surface area (Å²) in [4.78, 5) is 22.3. The molecule has 16 heavy (non-hydrogen) atoms. The molecular weight excluding hydrogens is 236 g/mol. The Morgan fingerprint density at radius 1 is 1.25 bits per heavy atom. The van der Waals surface area contributed by atoms with E-state index < -0.39 is 18.5 Å². The first-order chi connectivity index (χ1) is 7.67. The van der Waals surface area contributed by atoms with Crippen LogP contribution in [0.1, 0.15) is 11.2 Å². The summed E-state index contributed by atoms with van der Waals surface area (Å²) in [5.41, 5.74) is 3.50. The number of nitrogens with one attached hydrogen (secondary N) is 2. The van der Waals surface area contributed by atoms with Crippen molar-refractivity contribution in [3.63, 3.8) is 0 Å². The van der Waals surface area contributed by atoms with E-state index in [1.807, 2.05) is 0 Å². The average Bonchev–Trinajstić information content (AvgIpc) is 2.81. The molecule has 8 nitrogen and oxygen atoms in total. The summed E-state index contributed by atoms with van der Waals surface area (Å²) in [6.07, 6.45) is -3.04. The van der Waals surface area contributed by atoms with Gasteiger partial charge in [0.1, 0.15) is 0 Å². The van der Waals surface area contributed by atoms with Gasteiger partial charge in [0.05, 0.1) is 4.88 Å². The van der Waals surface area contributed by atoms with Crippen LogP contribution >= 0.6 is 11.3 Å². The number of nitrogens with two attached hydrogens (primary N) is 2. The monoisotopic (exact) mass is 246 g/mol. The first-order valence-corrected chi connectivity index (χ1v) is 4.93. The second kappa shape index (κ2) is 5.90. The molecule has 0 saturated heterocycles. The van der Waals surface area contributed by atoms with E-state index in [2.05, 4.69) is 0 Å². The summed E-state index contributed by atoms with van der Waals surface area (Å²) in [7, 11) is 0. The molecule has 1 heterocycles. The molecule has 0 aliphatic heterocycles. The molecule has 0 radical (unpaired) electrons. The highest BCUT2D eigenvalue weighted by molar-refractivity contribution is 7.10. The molecule has 0 fully saturated rings. The lowest BCUT2D eigenvalue weighted by Crippen LogP contribution is -2.35. The molecule has 0 atom stereocenters. The largest absolute Gasteiger partial charge is 0.424 e. The molecule has 88 valence electrons. The highest BCUT2D eigenvalue weighted by atomic mass is 32.1. The Kier molecular flexibility index (Phi) is 4.51. The fourth-order valence-electron chi connectivity index (χ4n) is 0.828. The third-order valence-corrected chi connectivity index (χ3v) is 2.33. The summed E-state index contributed by atoms with van der Waals surface area (Å²) < 4.78 is 9.43. The first-order valence-electron chi connectivity index (χ1n) is 4.05. The SMILES string of the molecule is NNC(=O)OC(OC(=O)NN)c1cccs1. The predicted octanol–water partition coefficient (Wildman–Crippen LogP) is -0.0535. The van der Waals surface area contributed by atoms with Gasteiger partial charge in [-0.2, -0.15) is 0 Å². The number of hydrazine groups is 2. The lowest BCUT2D eigenvalue weighted by Gasteiger charge is -2.15. The zero-order chi connectivity index (χ0) is 12.0. The minimum Gasteiger partial charge on any atom is -0.403 e. The Balaban J connectivity index is 2.69. The summed E-state index contributed by atoms with van der Waals surface area (Å²) in [5, 5.41) is 1.73. The maximum atomic E-state index is 10.9. The maximum absolute atomic E-state index is 10.9. The Morgan fingerprint density at radius 2 is 1.81 bits per heavy atom. The van der Waals surface area contributed by atoms with Crippen molar-refractivity contribution in [1.29, 1.82) is 0 Å². The van der Waals surface area contributed by atoms with E-state index in [9.17, 15) is 9.59 Å². The number of carbonyl (C=O) groups excluding carboxylic acids is 2. The minimum atomic E-state index is -1.19. The van der Waals surface area contributed by atoms with Crippen molar-refractivity contribution < 1.29 is 19.1 Å². The normalized spacial score (nSPS) is 9.69. The maximum Gasteiger partial charge on any atom is 0.424 e. The van der Waals surface area contributed by atoms with Gasteiger partial charge in [0, 0.05) is 0 Å². The van der Waals surface area contributed by atoms with Gasteiger partial charge in [-0.25, -0.2) is 21.3 Å². The second-order valence-corrected chi connectivity index (χ2v) is 3.43. The minimum absolute atomic E-state index is 0.521. The fourth-order valence-corrected chi connectivity index (χ4v) is 1.51. The molecule has 1 aromatic rings. The first kappa shape index (κ1) is 12.2. The zero-order valence-corrected chi connectivity index (χ0v) is 8.82. The summed E-state index contributed by atoms with van der Waals surface area (Å²) >= 11 is 1.24. The highest BCUT2D eigenvalue weighted by Crippen LogP contribution is 2.23. The molecule has 6 N–H and O–H groups in total. The number of amides is 2. The van der Waals surface area contributed by atoms with Crippen molar-refractivity contribution in [2.24, 2.45) is 11.7 Å². The molecule has 9 heteroatoms. The van der Waals surface area contributed by atoms with Crippen molar-refractivity contribution in [2.45, 2.75) is 6.29 Å². The van der Waals surface area contributed by atoms with Crippen LogP contribution < -0.4 is 22.5 Å². The Bertz CT molecular complexity index is 337. The van der Waals surface area contributed by atoms with Crippen LogP contribution in [0.15, 0.2) is 17.5 Å². The molecule has 0 spiro atoms. The van der Waals surface area contributed by atoms with E-state index >= 15 is 0 Å². The number of thiophene rings is 1. The lowest BCUT2D eigenvalue weighted by molar-refractivity contribution is -0.0616. The number of hydrogen-bond acceptors (Lipinski definition) is 7. The molecule has 0 aliphatic rings. The van der Waals surface area contributed by atoms with E-state index in [1.165, 1.54) is 11.3 Å². The smallest absolute Gasteiger partial charge is 0.403 e. The summed E-state index contributed by atoms with van der Waals surface area (Å²) in [5.74, 6) is 9.67. The van der Waals surface area contributed by atoms with Crippen LogP contribution in [-0.2, 0) is 9.47 Å². The zero-order valence-electron chi connectivity index (χ0n) is 8.01. The quantitative estimate of drug-likeness (QED) is 0.256. The van der Waals surface area contributed by atoms with Gasteiger partial charge in [-0.1, -0.05) is 6.07 Å². The van der Waals surface area contributed by atoms with Crippen LogP contribution in [0.4, 0.5) is 9.59 Å². The van der Waals surface area contributed by atoms with Gasteiger partial charge in [-0.05, 0) is 11.4 Å². The van der Waals surface area contributed by atoms with Gasteiger partial charge in [-0.3, -0.25) is 10.9 Å². The van der Waals surface area contributed by atoms with Crippen LogP contribution in [-0.4, -0.2) is 12.2 Å². The molecule has 1 aromatic heterocycles. The van der Waals surface area contributed by atoms with Gasteiger partial charge in [-0.15, -0.1) is 11.3 Å². The van der Waals surface area contributed by atoms with E-state index in [-0.39, 0.29) is 0 Å². The van der Waals surface area contributed by atoms with Crippen molar-refractivity contribution >= 4 is 23.5 Å². The standard InChI is InChI=1S/C7H10N4O4S/c8-10-6(12)14-5(15-7(13)11-9)4-2-1-3-16-4/h1-3,5H,8-9H2,(H,10,12)(H,11,13). The highest BCUT2D eigenvalue weighted by Gasteiger charge is 2.21. The molecule has 0 bridgehead atoms. The van der Waals surface area contributed by atoms with E-state index in [0.29, 0.717) is 4.88 Å². The van der Waals surface area contributed by atoms with Crippen molar-refractivity contribution in [3.05, 3.63) is 22.4 Å². The molecule has 1 rings (SSSR count). The Hall–Kier alpha value is -1.84. The molecule has 2 amide bonds. The van der Waals surface area contributed by atoms with Crippen molar-refractivity contribution in [1.82, 2.24) is 10.9 Å². The number of rotatable bonds is 3. The number of carbonyl (C=O) groups is 2. The van der Waals surface area contributed by atoms with E-state index in [0.717, 1.165) is 0 Å². The third kappa shape index (κ3) is 3.38. The Labute approximate surface area is 94.4 Å². The van der Waals surface area contributed by atoms with Gasteiger partial charge < -0.3 is 9.47 Å². The molecular formula is C7H10N4O4S. The molecule has 0 unspecified atom stereocenters. The van der Waals surface area contributed by atoms with E-state index in [1.54, 1.807) is 28.4 Å². The topological polar surface area (TPSA) is 129 Å². The van der Waals surface area contributed by atoms with Crippen LogP contribution in [0.3, 0.4) is 0 Å². The number of ether oxygens (including phenoxy) is 2. The van der Waals surface area contributed by atoms with E-state index in [4.69, 9.17) is 21.2 Å². The van der Waals surface area contributed by atoms with Crippen molar-refractivity contribution in [2.75, 3.05) is 0 Å². The lowest BCUT2D eigenvalue weighted by atomic mass is 10.4. The predicted molar refractivity (Wildman–Crippen MR) is 54.7 cm³/mol. The van der Waals surface area contributed by atoms with Gasteiger partial charge in [0.25, 0.3) is 6.29 Å². The Morgan fingerprint density at radius 3 is 2.19 bits per heavy atom. The molecule has 0 saturated carbocycles. The molecule has 0 aromatic carbocycles. The summed E-state index contributed by atoms with van der Waals surface area (Å²) in [6.45, 7) is 0. The van der Waals surface area contributed by atoms with Gasteiger partial charge in [0.2, 0.25) is 0 Å². The average molecular weight is 246 g/mol. The molecule has 0 aliphatic carbocycles. The second-order valence-electron chi connectivity index (χ2n) is 2.45. The summed E-state index contributed by atoms with van der Waals surface area (Å²) in [6, 6.07) is 3.34. The van der Waals surface area contributed by atoms with Crippen LogP contribution in [0.5, 0.6) is 0 Å². The number of hydrogen-bond donors (Lipinski definition) is 4. The van der Waals surface area contributed by atoms with Crippen LogP contribution in [0.25, 0.3) is 0 Å². The van der Waals surface area contributed by atoms with Gasteiger partial charge >= 0.3 is 12.2 Å². The third-order valence-electron chi connectivity index (χ3n) is 1.44. The van der Waals surface area contributed by atoms with Crippen LogP contribution in [0, 0.1) is 0 Å².